The fraction of sp³-hybridized carbons (Fsp3) is 0.188. The lowest BCUT2D eigenvalue weighted by Gasteiger charge is -2.09. The number of benzene rings is 2. The molecule has 0 fully saturated rings. The minimum absolute atomic E-state index is 0.382. The molecule has 2 aromatic rings. The van der Waals surface area contributed by atoms with E-state index in [1.54, 1.807) is 0 Å². The van der Waals surface area contributed by atoms with E-state index in [2.05, 4.69) is 16.9 Å². The maximum absolute atomic E-state index is 11.3. The topological polar surface area (TPSA) is 52.3 Å². The van der Waals surface area contributed by atoms with Crippen molar-refractivity contribution in [3.8, 4) is 11.1 Å². The van der Waals surface area contributed by atoms with Crippen LogP contribution in [-0.2, 0) is 16.0 Å². The Morgan fingerprint density at radius 1 is 1.05 bits per heavy atom. The third kappa shape index (κ3) is 3.42. The molecule has 19 heavy (non-hydrogen) atoms. The lowest BCUT2D eigenvalue weighted by molar-refractivity contribution is -0.142. The third-order valence-corrected chi connectivity index (χ3v) is 3.02. The maximum Gasteiger partial charge on any atom is 0.322 e. The van der Waals surface area contributed by atoms with Gasteiger partial charge >= 0.3 is 5.97 Å². The Kier molecular flexibility index (Phi) is 4.31. The largest absolute Gasteiger partial charge is 0.468 e. The average molecular weight is 255 g/mol. The molecule has 0 aliphatic carbocycles. The van der Waals surface area contributed by atoms with E-state index in [0.717, 1.165) is 11.1 Å². The van der Waals surface area contributed by atoms with Crippen molar-refractivity contribution >= 4 is 5.97 Å². The Balaban J connectivity index is 2.09. The zero-order valence-electron chi connectivity index (χ0n) is 10.9. The van der Waals surface area contributed by atoms with E-state index >= 15 is 0 Å². The van der Waals surface area contributed by atoms with Gasteiger partial charge in [0.2, 0.25) is 0 Å². The minimum atomic E-state index is -0.604. The molecule has 0 unspecified atom stereocenters. The Labute approximate surface area is 113 Å². The predicted octanol–water partition coefficient (Wildman–Crippen LogP) is 2.40. The summed E-state index contributed by atoms with van der Waals surface area (Å²) in [5.41, 5.74) is 9.08. The number of hydrogen-bond acceptors (Lipinski definition) is 3. The molecule has 98 valence electrons. The van der Waals surface area contributed by atoms with Crippen molar-refractivity contribution in [1.29, 1.82) is 0 Å². The van der Waals surface area contributed by atoms with Gasteiger partial charge in [0.15, 0.2) is 0 Å². The predicted molar refractivity (Wildman–Crippen MR) is 75.6 cm³/mol. The molecule has 0 saturated heterocycles. The summed E-state index contributed by atoms with van der Waals surface area (Å²) < 4.78 is 4.61. The van der Waals surface area contributed by atoms with E-state index in [-0.39, 0.29) is 5.97 Å². The smallest absolute Gasteiger partial charge is 0.322 e. The number of methoxy groups -OCH3 is 1. The van der Waals surface area contributed by atoms with Crippen LogP contribution in [0.2, 0.25) is 0 Å². The van der Waals surface area contributed by atoms with Gasteiger partial charge in [0.05, 0.1) is 7.11 Å². The highest BCUT2D eigenvalue weighted by atomic mass is 16.5. The molecule has 2 rings (SSSR count). The molecule has 0 bridgehead atoms. The molecule has 1 atom stereocenters. The van der Waals surface area contributed by atoms with Crippen molar-refractivity contribution in [3.05, 3.63) is 60.2 Å². The second kappa shape index (κ2) is 6.16. The summed E-state index contributed by atoms with van der Waals surface area (Å²) in [6.45, 7) is 0. The summed E-state index contributed by atoms with van der Waals surface area (Å²) >= 11 is 0. The van der Waals surface area contributed by atoms with E-state index in [1.165, 1.54) is 12.7 Å². The lowest BCUT2D eigenvalue weighted by Crippen LogP contribution is -2.33. The van der Waals surface area contributed by atoms with Crippen LogP contribution in [0.5, 0.6) is 0 Å². The van der Waals surface area contributed by atoms with Gasteiger partial charge in [0, 0.05) is 0 Å². The number of hydrogen-bond donors (Lipinski definition) is 1. The van der Waals surface area contributed by atoms with Crippen LogP contribution in [0.4, 0.5) is 0 Å². The van der Waals surface area contributed by atoms with Crippen molar-refractivity contribution < 1.29 is 9.53 Å². The van der Waals surface area contributed by atoms with Crippen molar-refractivity contribution in [2.24, 2.45) is 5.73 Å². The minimum Gasteiger partial charge on any atom is -0.468 e. The highest BCUT2D eigenvalue weighted by molar-refractivity contribution is 5.75. The summed E-state index contributed by atoms with van der Waals surface area (Å²) in [5.74, 6) is -0.382. The number of esters is 1. The van der Waals surface area contributed by atoms with Gasteiger partial charge in [-0.25, -0.2) is 0 Å². The van der Waals surface area contributed by atoms with Crippen molar-refractivity contribution in [2.75, 3.05) is 7.11 Å². The van der Waals surface area contributed by atoms with Gasteiger partial charge in [-0.05, 0) is 23.1 Å². The average Bonchev–Trinajstić information content (AvgIpc) is 2.48. The molecule has 0 amide bonds. The Morgan fingerprint density at radius 2 is 1.63 bits per heavy atom. The fourth-order valence-electron chi connectivity index (χ4n) is 1.95. The molecule has 2 aromatic carbocycles. The zero-order valence-corrected chi connectivity index (χ0v) is 10.9. The van der Waals surface area contributed by atoms with Gasteiger partial charge in [-0.2, -0.15) is 0 Å². The quantitative estimate of drug-likeness (QED) is 0.853. The molecule has 0 aromatic heterocycles. The Bertz CT molecular complexity index is 534. The lowest BCUT2D eigenvalue weighted by atomic mass is 10.0. The van der Waals surface area contributed by atoms with Crippen LogP contribution in [0, 0.1) is 0 Å². The van der Waals surface area contributed by atoms with Crippen molar-refractivity contribution in [3.63, 3.8) is 0 Å². The number of carbonyl (C=O) groups excluding carboxylic acids is 1. The van der Waals surface area contributed by atoms with Crippen LogP contribution in [0.25, 0.3) is 11.1 Å². The van der Waals surface area contributed by atoms with Gasteiger partial charge in [-0.1, -0.05) is 54.6 Å². The first kappa shape index (κ1) is 13.3. The number of nitrogens with two attached hydrogens (primary N) is 1. The molecule has 3 nitrogen and oxygen atoms in total. The van der Waals surface area contributed by atoms with E-state index in [0.29, 0.717) is 6.42 Å². The van der Waals surface area contributed by atoms with Crippen molar-refractivity contribution in [2.45, 2.75) is 12.5 Å². The number of ether oxygens (including phenoxy) is 1. The second-order valence-corrected chi connectivity index (χ2v) is 4.40. The van der Waals surface area contributed by atoms with Gasteiger partial charge in [0.1, 0.15) is 6.04 Å². The monoisotopic (exact) mass is 255 g/mol. The summed E-state index contributed by atoms with van der Waals surface area (Å²) in [6, 6.07) is 17.6. The summed E-state index contributed by atoms with van der Waals surface area (Å²) in [6.07, 6.45) is 0.488. The van der Waals surface area contributed by atoms with Crippen LogP contribution in [-0.4, -0.2) is 19.1 Å². The van der Waals surface area contributed by atoms with Crippen LogP contribution in [0.1, 0.15) is 5.56 Å². The third-order valence-electron chi connectivity index (χ3n) is 3.02. The maximum atomic E-state index is 11.3. The molecule has 0 saturated carbocycles. The highest BCUT2D eigenvalue weighted by Crippen LogP contribution is 2.19. The Morgan fingerprint density at radius 3 is 2.21 bits per heavy atom. The van der Waals surface area contributed by atoms with E-state index in [4.69, 9.17) is 5.73 Å². The van der Waals surface area contributed by atoms with Gasteiger partial charge in [-0.15, -0.1) is 0 Å². The number of carbonyl (C=O) groups is 1. The standard InChI is InChI=1S/C16H17NO2/c1-19-16(18)15(17)11-12-7-9-14(10-8-12)13-5-3-2-4-6-13/h2-10,15H,11,17H2,1H3/t15-/m1/s1. The van der Waals surface area contributed by atoms with Gasteiger partial charge < -0.3 is 10.5 Å². The molecular weight excluding hydrogens is 238 g/mol. The fourth-order valence-corrected chi connectivity index (χ4v) is 1.95. The summed E-state index contributed by atoms with van der Waals surface area (Å²) in [7, 11) is 1.35. The summed E-state index contributed by atoms with van der Waals surface area (Å²) in [4.78, 5) is 11.3. The normalized spacial score (nSPS) is 11.9. The molecule has 0 radical (unpaired) electrons. The van der Waals surface area contributed by atoms with E-state index in [9.17, 15) is 4.79 Å². The second-order valence-electron chi connectivity index (χ2n) is 4.40. The van der Waals surface area contributed by atoms with Crippen molar-refractivity contribution in [1.82, 2.24) is 0 Å². The first-order valence-electron chi connectivity index (χ1n) is 6.18. The molecule has 3 heteroatoms. The molecule has 0 spiro atoms. The van der Waals surface area contributed by atoms with Gasteiger partial charge in [0.25, 0.3) is 0 Å². The first-order valence-corrected chi connectivity index (χ1v) is 6.18. The molecular formula is C16H17NO2. The van der Waals surface area contributed by atoms with Crippen LogP contribution in [0.15, 0.2) is 54.6 Å². The number of rotatable bonds is 4. The van der Waals surface area contributed by atoms with Crippen LogP contribution in [0.3, 0.4) is 0 Å². The van der Waals surface area contributed by atoms with E-state index in [1.807, 2.05) is 42.5 Å². The Hall–Kier alpha value is -2.13. The van der Waals surface area contributed by atoms with Gasteiger partial charge in [-0.3, -0.25) is 4.79 Å². The van der Waals surface area contributed by atoms with Crippen LogP contribution < -0.4 is 5.73 Å². The molecule has 0 aliphatic heterocycles. The zero-order chi connectivity index (χ0) is 13.7. The SMILES string of the molecule is COC(=O)[C@H](N)Cc1ccc(-c2ccccc2)cc1. The molecule has 2 N–H and O–H groups in total. The summed E-state index contributed by atoms with van der Waals surface area (Å²) in [5, 5.41) is 0. The highest BCUT2D eigenvalue weighted by Gasteiger charge is 2.13. The molecule has 0 aliphatic rings. The van der Waals surface area contributed by atoms with Crippen LogP contribution >= 0.6 is 0 Å². The molecule has 0 heterocycles. The van der Waals surface area contributed by atoms with E-state index < -0.39 is 6.04 Å². The first-order chi connectivity index (χ1) is 9.20.